The number of hydrogen-bond donors (Lipinski definition) is 0. The van der Waals surface area contributed by atoms with E-state index >= 15 is 0 Å². The van der Waals surface area contributed by atoms with E-state index in [0.29, 0.717) is 17.5 Å². The van der Waals surface area contributed by atoms with Crippen molar-refractivity contribution in [2.75, 3.05) is 0 Å². The Morgan fingerprint density at radius 2 is 2.15 bits per heavy atom. The first-order valence-electron chi connectivity index (χ1n) is 3.80. The number of rotatable bonds is 2. The van der Waals surface area contributed by atoms with Crippen molar-refractivity contribution in [3.05, 3.63) is 39.3 Å². The monoisotopic (exact) mass is 175 g/mol. The van der Waals surface area contributed by atoms with Crippen molar-refractivity contribution in [3.63, 3.8) is 0 Å². The molecule has 0 saturated heterocycles. The van der Waals surface area contributed by atoms with Gasteiger partial charge in [0.1, 0.15) is 0 Å². The lowest BCUT2D eigenvalue weighted by Gasteiger charge is -2.03. The molecule has 0 N–H and O–H groups in total. The number of azide groups is 1. The van der Waals surface area contributed by atoms with E-state index in [1.165, 1.54) is 0 Å². The molecule has 0 aromatic heterocycles. The van der Waals surface area contributed by atoms with Crippen molar-refractivity contribution in [1.29, 1.82) is 0 Å². The van der Waals surface area contributed by atoms with E-state index in [2.05, 4.69) is 10.0 Å². The second kappa shape index (κ2) is 3.74. The molecule has 4 nitrogen and oxygen atoms in total. The second-order valence-corrected chi connectivity index (χ2v) is 2.83. The lowest BCUT2D eigenvalue weighted by molar-refractivity contribution is 0.112. The minimum absolute atomic E-state index is 0.420. The zero-order valence-electron chi connectivity index (χ0n) is 7.48. The van der Waals surface area contributed by atoms with Gasteiger partial charge in [-0.3, -0.25) is 4.79 Å². The van der Waals surface area contributed by atoms with E-state index in [4.69, 9.17) is 5.53 Å². The highest BCUT2D eigenvalue weighted by Gasteiger charge is 2.03. The highest BCUT2D eigenvalue weighted by atomic mass is 16.1. The zero-order valence-corrected chi connectivity index (χ0v) is 7.48. The SMILES string of the molecule is Cc1cc(C)c(N=[N+]=[N-])c(C=O)c1. The number of benzene rings is 1. The highest BCUT2D eigenvalue weighted by Crippen LogP contribution is 2.24. The molecule has 0 radical (unpaired) electrons. The average Bonchev–Trinajstić information content (AvgIpc) is 2.09. The van der Waals surface area contributed by atoms with Gasteiger partial charge < -0.3 is 0 Å². The summed E-state index contributed by atoms with van der Waals surface area (Å²) in [7, 11) is 0. The van der Waals surface area contributed by atoms with Crippen LogP contribution in [0.4, 0.5) is 5.69 Å². The standard InChI is InChI=1S/C9H9N3O/c1-6-3-7(2)9(11-12-10)8(4-6)5-13/h3-5H,1-2H3. The molecule has 0 aliphatic carbocycles. The van der Waals surface area contributed by atoms with Gasteiger partial charge in [0.25, 0.3) is 0 Å². The average molecular weight is 175 g/mol. The molecule has 1 rings (SSSR count). The molecule has 0 fully saturated rings. The van der Waals surface area contributed by atoms with E-state index in [1.54, 1.807) is 6.07 Å². The Morgan fingerprint density at radius 3 is 2.69 bits per heavy atom. The summed E-state index contributed by atoms with van der Waals surface area (Å²) in [6.07, 6.45) is 0.698. The predicted molar refractivity (Wildman–Crippen MR) is 50.1 cm³/mol. The summed E-state index contributed by atoms with van der Waals surface area (Å²) in [6, 6.07) is 3.57. The van der Waals surface area contributed by atoms with Gasteiger partial charge in [0, 0.05) is 10.5 Å². The van der Waals surface area contributed by atoms with Gasteiger partial charge in [0.15, 0.2) is 6.29 Å². The number of aldehydes is 1. The van der Waals surface area contributed by atoms with E-state index in [9.17, 15) is 4.79 Å². The van der Waals surface area contributed by atoms with Crippen LogP contribution in [0, 0.1) is 13.8 Å². The van der Waals surface area contributed by atoms with Crippen LogP contribution in [-0.2, 0) is 0 Å². The van der Waals surface area contributed by atoms with Crippen LogP contribution >= 0.6 is 0 Å². The molecule has 13 heavy (non-hydrogen) atoms. The minimum Gasteiger partial charge on any atom is -0.298 e. The van der Waals surface area contributed by atoms with Crippen molar-refractivity contribution in [1.82, 2.24) is 0 Å². The smallest absolute Gasteiger partial charge is 0.150 e. The first-order chi connectivity index (χ1) is 6.19. The Labute approximate surface area is 75.8 Å². The van der Waals surface area contributed by atoms with Gasteiger partial charge in [0.05, 0.1) is 5.69 Å². The summed E-state index contributed by atoms with van der Waals surface area (Å²) in [5.74, 6) is 0. The topological polar surface area (TPSA) is 65.8 Å². The van der Waals surface area contributed by atoms with Crippen LogP contribution in [0.25, 0.3) is 10.4 Å². The molecular formula is C9H9N3O. The first-order valence-corrected chi connectivity index (χ1v) is 3.80. The summed E-state index contributed by atoms with van der Waals surface area (Å²) in [5, 5.41) is 3.47. The molecule has 0 saturated carbocycles. The maximum Gasteiger partial charge on any atom is 0.150 e. The molecule has 1 aromatic carbocycles. The van der Waals surface area contributed by atoms with Gasteiger partial charge in [-0.1, -0.05) is 16.7 Å². The van der Waals surface area contributed by atoms with E-state index in [1.807, 2.05) is 19.9 Å². The van der Waals surface area contributed by atoms with Crippen LogP contribution in [0.2, 0.25) is 0 Å². The van der Waals surface area contributed by atoms with Gasteiger partial charge in [-0.2, -0.15) is 0 Å². The maximum atomic E-state index is 10.6. The molecule has 0 aliphatic heterocycles. The summed E-state index contributed by atoms with van der Waals surface area (Å²) in [5.41, 5.74) is 10.9. The van der Waals surface area contributed by atoms with Crippen LogP contribution < -0.4 is 0 Å². The molecule has 1 aromatic rings. The molecule has 0 amide bonds. The molecular weight excluding hydrogens is 166 g/mol. The lowest BCUT2D eigenvalue weighted by Crippen LogP contribution is -1.86. The molecule has 0 bridgehead atoms. The summed E-state index contributed by atoms with van der Waals surface area (Å²) in [6.45, 7) is 3.70. The van der Waals surface area contributed by atoms with Gasteiger partial charge in [-0.25, -0.2) is 0 Å². The maximum absolute atomic E-state index is 10.6. The first kappa shape index (κ1) is 9.29. The van der Waals surface area contributed by atoms with Crippen LogP contribution in [-0.4, -0.2) is 6.29 Å². The molecule has 0 aliphatic rings. The molecule has 0 spiro atoms. The quantitative estimate of drug-likeness (QED) is 0.295. The number of carbonyl (C=O) groups excluding carboxylic acids is 1. The Balaban J connectivity index is 3.46. The largest absolute Gasteiger partial charge is 0.298 e. The number of aryl methyl sites for hydroxylation is 2. The molecule has 4 heteroatoms. The minimum atomic E-state index is 0.420. The third-order valence-corrected chi connectivity index (χ3v) is 1.75. The number of nitrogens with zero attached hydrogens (tertiary/aromatic N) is 3. The fourth-order valence-corrected chi connectivity index (χ4v) is 1.26. The van der Waals surface area contributed by atoms with Gasteiger partial charge in [-0.15, -0.1) is 0 Å². The van der Waals surface area contributed by atoms with Gasteiger partial charge in [0.2, 0.25) is 0 Å². The molecule has 0 heterocycles. The summed E-state index contributed by atoms with van der Waals surface area (Å²) in [4.78, 5) is 13.3. The number of carbonyl (C=O) groups is 1. The lowest BCUT2D eigenvalue weighted by atomic mass is 10.1. The van der Waals surface area contributed by atoms with Crippen molar-refractivity contribution in [3.8, 4) is 0 Å². The Hall–Kier alpha value is -1.80. The fraction of sp³-hybridized carbons (Fsp3) is 0.222. The normalized spacial score (nSPS) is 9.08. The van der Waals surface area contributed by atoms with Crippen molar-refractivity contribution < 1.29 is 4.79 Å². The van der Waals surface area contributed by atoms with Crippen LogP contribution in [0.5, 0.6) is 0 Å². The Morgan fingerprint density at radius 1 is 1.46 bits per heavy atom. The summed E-state index contributed by atoms with van der Waals surface area (Å²) >= 11 is 0. The van der Waals surface area contributed by atoms with Crippen LogP contribution in [0.15, 0.2) is 17.2 Å². The second-order valence-electron chi connectivity index (χ2n) is 2.83. The Kier molecular flexibility index (Phi) is 2.67. The summed E-state index contributed by atoms with van der Waals surface area (Å²) < 4.78 is 0. The van der Waals surface area contributed by atoms with E-state index in [0.717, 1.165) is 11.1 Å². The highest BCUT2D eigenvalue weighted by molar-refractivity contribution is 5.84. The van der Waals surface area contributed by atoms with E-state index < -0.39 is 0 Å². The zero-order chi connectivity index (χ0) is 9.84. The van der Waals surface area contributed by atoms with Crippen molar-refractivity contribution >= 4 is 12.0 Å². The molecule has 0 atom stereocenters. The Bertz CT molecular complexity index is 392. The third kappa shape index (κ3) is 1.86. The van der Waals surface area contributed by atoms with Crippen LogP contribution in [0.1, 0.15) is 21.5 Å². The van der Waals surface area contributed by atoms with Crippen LogP contribution in [0.3, 0.4) is 0 Å². The van der Waals surface area contributed by atoms with Crippen molar-refractivity contribution in [2.24, 2.45) is 5.11 Å². The third-order valence-electron chi connectivity index (χ3n) is 1.75. The molecule has 66 valence electrons. The predicted octanol–water partition coefficient (Wildman–Crippen LogP) is 3.06. The molecule has 0 unspecified atom stereocenters. The van der Waals surface area contributed by atoms with Gasteiger partial charge in [-0.05, 0) is 31.0 Å². The van der Waals surface area contributed by atoms with E-state index in [-0.39, 0.29) is 0 Å². The fourth-order valence-electron chi connectivity index (χ4n) is 1.26. The van der Waals surface area contributed by atoms with Crippen molar-refractivity contribution in [2.45, 2.75) is 13.8 Å². The number of hydrogen-bond acceptors (Lipinski definition) is 2. The van der Waals surface area contributed by atoms with Gasteiger partial charge >= 0.3 is 0 Å².